The fourth-order valence-electron chi connectivity index (χ4n) is 1.25. The van der Waals surface area contributed by atoms with Crippen LogP contribution in [0.4, 0.5) is 5.82 Å². The van der Waals surface area contributed by atoms with E-state index in [2.05, 4.69) is 20.9 Å². The van der Waals surface area contributed by atoms with E-state index in [4.69, 9.17) is 23.2 Å². The molecule has 0 aliphatic heterocycles. The molecule has 1 aromatic rings. The van der Waals surface area contributed by atoms with Crippen molar-refractivity contribution in [2.24, 2.45) is 0 Å². The van der Waals surface area contributed by atoms with E-state index >= 15 is 0 Å². The molecule has 0 atom stereocenters. The number of nitrogens with zero attached hydrogens (tertiary/aromatic N) is 1. The minimum absolute atomic E-state index is 0. The van der Waals surface area contributed by atoms with Crippen LogP contribution in [-0.2, 0) is 4.79 Å². The molecule has 0 aliphatic rings. The van der Waals surface area contributed by atoms with E-state index < -0.39 is 0 Å². The predicted octanol–water partition coefficient (Wildman–Crippen LogP) is 2.37. The molecule has 3 N–H and O–H groups in total. The zero-order valence-corrected chi connectivity index (χ0v) is 14.1. The van der Waals surface area contributed by atoms with Gasteiger partial charge in [0.1, 0.15) is 5.82 Å². The van der Waals surface area contributed by atoms with Gasteiger partial charge in [-0.15, -0.1) is 24.8 Å². The van der Waals surface area contributed by atoms with Crippen molar-refractivity contribution < 1.29 is 4.79 Å². The van der Waals surface area contributed by atoms with Crippen LogP contribution in [0.15, 0.2) is 12.3 Å². The van der Waals surface area contributed by atoms with Crippen LogP contribution in [0.2, 0.25) is 10.0 Å². The maximum atomic E-state index is 11.3. The molecule has 0 saturated heterocycles. The van der Waals surface area contributed by atoms with Crippen molar-refractivity contribution in [2.45, 2.75) is 6.42 Å². The summed E-state index contributed by atoms with van der Waals surface area (Å²) >= 11 is 11.7. The maximum absolute atomic E-state index is 11.3. The quantitative estimate of drug-likeness (QED) is 0.650. The highest BCUT2D eigenvalue weighted by molar-refractivity contribution is 6.35. The number of rotatable bonds is 7. The molecule has 1 amide bonds. The first-order valence-corrected chi connectivity index (χ1v) is 6.35. The topological polar surface area (TPSA) is 66.1 Å². The fourth-order valence-corrected chi connectivity index (χ4v) is 1.70. The monoisotopic (exact) mass is 362 g/mol. The van der Waals surface area contributed by atoms with Crippen LogP contribution in [0.5, 0.6) is 0 Å². The van der Waals surface area contributed by atoms with Gasteiger partial charge in [0.15, 0.2) is 0 Å². The summed E-state index contributed by atoms with van der Waals surface area (Å²) < 4.78 is 0. The lowest BCUT2D eigenvalue weighted by Crippen LogP contribution is -2.30. The van der Waals surface area contributed by atoms with Crippen molar-refractivity contribution in [2.75, 3.05) is 32.0 Å². The average Bonchev–Trinajstić information content (AvgIpc) is 2.34. The molecule has 0 bridgehead atoms. The van der Waals surface area contributed by atoms with Crippen LogP contribution < -0.4 is 16.0 Å². The van der Waals surface area contributed by atoms with E-state index in [1.807, 2.05) is 7.05 Å². The zero-order valence-electron chi connectivity index (χ0n) is 10.9. The predicted molar refractivity (Wildman–Crippen MR) is 88.8 cm³/mol. The summed E-state index contributed by atoms with van der Waals surface area (Å²) in [6, 6.07) is 1.62. The average molecular weight is 364 g/mol. The number of aromatic nitrogens is 1. The highest BCUT2D eigenvalue weighted by Crippen LogP contribution is 2.21. The zero-order chi connectivity index (χ0) is 13.4. The number of hydrogen-bond acceptors (Lipinski definition) is 4. The SMILES string of the molecule is CNCCC(=O)NCCNc1ncc(Cl)cc1Cl.Cl.Cl. The lowest BCUT2D eigenvalue weighted by molar-refractivity contribution is -0.120. The Morgan fingerprint density at radius 3 is 2.55 bits per heavy atom. The van der Waals surface area contributed by atoms with Crippen LogP contribution in [0, 0.1) is 0 Å². The molecule has 1 heterocycles. The van der Waals surface area contributed by atoms with Crippen LogP contribution in [0.1, 0.15) is 6.42 Å². The highest BCUT2D eigenvalue weighted by Gasteiger charge is 2.02. The summed E-state index contributed by atoms with van der Waals surface area (Å²) in [5.41, 5.74) is 0. The third-order valence-corrected chi connectivity index (χ3v) is 2.64. The summed E-state index contributed by atoms with van der Waals surface area (Å²) in [5, 5.41) is 9.66. The standard InChI is InChI=1S/C11H16Cl2N4O.2ClH/c1-14-3-2-10(18)15-4-5-16-11-9(13)6-8(12)7-17-11;;/h6-7,14H,2-5H2,1H3,(H,15,18)(H,16,17);2*1H. The van der Waals surface area contributed by atoms with Gasteiger partial charge in [-0.25, -0.2) is 4.98 Å². The maximum Gasteiger partial charge on any atom is 0.221 e. The van der Waals surface area contributed by atoms with Gasteiger partial charge in [0.05, 0.1) is 10.0 Å². The number of pyridine rings is 1. The molecule has 1 aromatic heterocycles. The number of hydrogen-bond donors (Lipinski definition) is 3. The van der Waals surface area contributed by atoms with Gasteiger partial charge in [-0.2, -0.15) is 0 Å². The van der Waals surface area contributed by atoms with Crippen molar-refractivity contribution in [3.05, 3.63) is 22.3 Å². The van der Waals surface area contributed by atoms with Crippen LogP contribution in [-0.4, -0.2) is 37.6 Å². The third kappa shape index (κ3) is 8.66. The van der Waals surface area contributed by atoms with Crippen molar-refractivity contribution >= 4 is 59.7 Å². The van der Waals surface area contributed by atoms with Crippen LogP contribution in [0.25, 0.3) is 0 Å². The summed E-state index contributed by atoms with van der Waals surface area (Å²) in [6.45, 7) is 1.74. The largest absolute Gasteiger partial charge is 0.367 e. The molecule has 5 nitrogen and oxygen atoms in total. The lowest BCUT2D eigenvalue weighted by atomic mass is 10.4. The Balaban J connectivity index is 0. The number of amides is 1. The molecular formula is C11H18Cl4N4O. The highest BCUT2D eigenvalue weighted by atomic mass is 35.5. The molecule has 0 aliphatic carbocycles. The van der Waals surface area contributed by atoms with Crippen molar-refractivity contribution in [3.63, 3.8) is 0 Å². The Hall–Kier alpha value is -0.460. The van der Waals surface area contributed by atoms with E-state index in [-0.39, 0.29) is 30.7 Å². The Labute approximate surface area is 141 Å². The molecule has 116 valence electrons. The molecule has 9 heteroatoms. The van der Waals surface area contributed by atoms with Gasteiger partial charge in [0.2, 0.25) is 5.91 Å². The van der Waals surface area contributed by atoms with Gasteiger partial charge in [-0.05, 0) is 13.1 Å². The third-order valence-electron chi connectivity index (χ3n) is 2.15. The van der Waals surface area contributed by atoms with Gasteiger partial charge in [0.25, 0.3) is 0 Å². The van der Waals surface area contributed by atoms with Gasteiger partial charge in [-0.1, -0.05) is 23.2 Å². The number of carbonyl (C=O) groups is 1. The van der Waals surface area contributed by atoms with Gasteiger partial charge in [-0.3, -0.25) is 4.79 Å². The minimum Gasteiger partial charge on any atom is -0.367 e. The van der Waals surface area contributed by atoms with Gasteiger partial charge < -0.3 is 16.0 Å². The van der Waals surface area contributed by atoms with Crippen molar-refractivity contribution in [1.29, 1.82) is 0 Å². The first kappa shape index (κ1) is 21.8. The molecular weight excluding hydrogens is 346 g/mol. The van der Waals surface area contributed by atoms with Gasteiger partial charge >= 0.3 is 0 Å². The van der Waals surface area contributed by atoms with E-state index in [1.54, 1.807) is 6.07 Å². The summed E-state index contributed by atoms with van der Waals surface area (Å²) in [5.74, 6) is 0.576. The lowest BCUT2D eigenvalue weighted by Gasteiger charge is -2.08. The smallest absolute Gasteiger partial charge is 0.221 e. The van der Waals surface area contributed by atoms with Crippen LogP contribution in [0.3, 0.4) is 0 Å². The fraction of sp³-hybridized carbons (Fsp3) is 0.455. The normalized spacial score (nSPS) is 9.15. The van der Waals surface area contributed by atoms with E-state index in [9.17, 15) is 4.79 Å². The Morgan fingerprint density at radius 1 is 1.25 bits per heavy atom. The molecule has 20 heavy (non-hydrogen) atoms. The Kier molecular flexibility index (Phi) is 13.4. The minimum atomic E-state index is 0. The number of anilines is 1. The number of carbonyl (C=O) groups excluding carboxylic acids is 1. The second kappa shape index (κ2) is 12.3. The number of halogens is 4. The summed E-state index contributed by atoms with van der Waals surface area (Å²) in [7, 11) is 1.81. The van der Waals surface area contributed by atoms with Crippen molar-refractivity contribution in [3.8, 4) is 0 Å². The Morgan fingerprint density at radius 2 is 1.95 bits per heavy atom. The Bertz CT molecular complexity index is 406. The molecule has 0 radical (unpaired) electrons. The van der Waals surface area contributed by atoms with E-state index in [0.717, 1.165) is 0 Å². The second-order valence-electron chi connectivity index (χ2n) is 3.61. The molecule has 0 aromatic carbocycles. The van der Waals surface area contributed by atoms with E-state index in [1.165, 1.54) is 6.20 Å². The second-order valence-corrected chi connectivity index (χ2v) is 4.46. The first-order chi connectivity index (χ1) is 8.63. The van der Waals surface area contributed by atoms with Crippen molar-refractivity contribution in [1.82, 2.24) is 15.6 Å². The summed E-state index contributed by atoms with van der Waals surface area (Å²) in [4.78, 5) is 15.3. The van der Waals surface area contributed by atoms with Crippen LogP contribution >= 0.6 is 48.0 Å². The summed E-state index contributed by atoms with van der Waals surface area (Å²) in [6.07, 6.45) is 1.98. The molecule has 0 unspecified atom stereocenters. The molecule has 0 fully saturated rings. The molecule has 1 rings (SSSR count). The van der Waals surface area contributed by atoms with Gasteiger partial charge in [0, 0.05) is 32.3 Å². The number of nitrogens with one attached hydrogen (secondary N) is 3. The molecule has 0 spiro atoms. The molecule has 0 saturated carbocycles. The van der Waals surface area contributed by atoms with E-state index in [0.29, 0.717) is 41.9 Å². The first-order valence-electron chi connectivity index (χ1n) is 5.59.